The molecule has 0 saturated carbocycles. The molecule has 2 N–H and O–H groups in total. The topological polar surface area (TPSA) is 54.3 Å². The van der Waals surface area contributed by atoms with Gasteiger partial charge in [-0.25, -0.2) is 0 Å². The number of furan rings is 1. The molecule has 0 radical (unpaired) electrons. The van der Waals surface area contributed by atoms with E-state index in [4.69, 9.17) is 4.42 Å². The van der Waals surface area contributed by atoms with Gasteiger partial charge in [0.1, 0.15) is 11.5 Å². The molecule has 1 aliphatic heterocycles. The van der Waals surface area contributed by atoms with Crippen molar-refractivity contribution in [1.82, 2.24) is 10.6 Å². The minimum absolute atomic E-state index is 0.0162. The molecule has 2 heterocycles. The maximum atomic E-state index is 12.1. The number of thioether (sulfide) groups is 1. The predicted molar refractivity (Wildman–Crippen MR) is 73.5 cm³/mol. The van der Waals surface area contributed by atoms with Crippen LogP contribution in [0.4, 0.5) is 8.78 Å². The third-order valence-corrected chi connectivity index (χ3v) is 3.83. The van der Waals surface area contributed by atoms with Gasteiger partial charge in [0.05, 0.1) is 18.3 Å². The number of hydrogen-bond donors (Lipinski definition) is 2. The molecule has 1 aromatic rings. The van der Waals surface area contributed by atoms with Crippen molar-refractivity contribution in [3.63, 3.8) is 0 Å². The molecule has 1 amide bonds. The average molecular weight is 304 g/mol. The number of alkyl halides is 2. The van der Waals surface area contributed by atoms with Crippen molar-refractivity contribution in [2.45, 2.75) is 43.4 Å². The third kappa shape index (κ3) is 4.79. The zero-order valence-corrected chi connectivity index (χ0v) is 11.8. The van der Waals surface area contributed by atoms with Gasteiger partial charge in [-0.1, -0.05) is 11.8 Å². The molecule has 4 nitrogen and oxygen atoms in total. The lowest BCUT2D eigenvalue weighted by atomic mass is 10.1. The largest absolute Gasteiger partial charge is 0.464 e. The van der Waals surface area contributed by atoms with Crippen LogP contribution in [0, 0.1) is 0 Å². The summed E-state index contributed by atoms with van der Waals surface area (Å²) in [7, 11) is 0. The summed E-state index contributed by atoms with van der Waals surface area (Å²) in [4.78, 5) is 11.7. The lowest BCUT2D eigenvalue weighted by Gasteiger charge is -2.13. The number of halogens is 2. The molecule has 1 aliphatic rings. The third-order valence-electron chi connectivity index (χ3n) is 3.13. The number of carbonyl (C=O) groups is 1. The SMILES string of the molecule is O=C1NCCCCC1NCc1ccc(CSC(F)F)o1. The second-order valence-corrected chi connectivity index (χ2v) is 5.64. The lowest BCUT2D eigenvalue weighted by molar-refractivity contribution is -0.122. The lowest BCUT2D eigenvalue weighted by Crippen LogP contribution is -2.42. The Hall–Kier alpha value is -1.08. The Bertz CT molecular complexity index is 440. The normalized spacial score (nSPS) is 19.9. The quantitative estimate of drug-likeness (QED) is 0.848. The Balaban J connectivity index is 1.79. The van der Waals surface area contributed by atoms with Gasteiger partial charge in [0, 0.05) is 6.54 Å². The highest BCUT2D eigenvalue weighted by atomic mass is 32.2. The van der Waals surface area contributed by atoms with E-state index in [0.717, 1.165) is 25.8 Å². The van der Waals surface area contributed by atoms with Crippen LogP contribution in [0.25, 0.3) is 0 Å². The van der Waals surface area contributed by atoms with Crippen LogP contribution in [0.1, 0.15) is 30.8 Å². The van der Waals surface area contributed by atoms with Crippen molar-refractivity contribution in [3.8, 4) is 0 Å². The fourth-order valence-electron chi connectivity index (χ4n) is 2.10. The highest BCUT2D eigenvalue weighted by Crippen LogP contribution is 2.21. The highest BCUT2D eigenvalue weighted by Gasteiger charge is 2.20. The van der Waals surface area contributed by atoms with Gasteiger partial charge in [-0.2, -0.15) is 8.78 Å². The number of carbonyl (C=O) groups excluding carboxylic acids is 1. The minimum Gasteiger partial charge on any atom is -0.464 e. The van der Waals surface area contributed by atoms with Crippen LogP contribution in [-0.4, -0.2) is 24.3 Å². The van der Waals surface area contributed by atoms with Gasteiger partial charge >= 0.3 is 0 Å². The Morgan fingerprint density at radius 2 is 2.20 bits per heavy atom. The summed E-state index contributed by atoms with van der Waals surface area (Å²) in [5.74, 6) is -1.04. The van der Waals surface area contributed by atoms with Gasteiger partial charge in [-0.3, -0.25) is 10.1 Å². The monoisotopic (exact) mass is 304 g/mol. The van der Waals surface area contributed by atoms with Crippen molar-refractivity contribution in [3.05, 3.63) is 23.7 Å². The number of rotatable bonds is 6. The Kier molecular flexibility index (Phi) is 5.85. The van der Waals surface area contributed by atoms with E-state index < -0.39 is 5.76 Å². The Morgan fingerprint density at radius 1 is 1.40 bits per heavy atom. The highest BCUT2D eigenvalue weighted by molar-refractivity contribution is 7.98. The van der Waals surface area contributed by atoms with Crippen LogP contribution < -0.4 is 10.6 Å². The maximum absolute atomic E-state index is 12.1. The van der Waals surface area contributed by atoms with Crippen LogP contribution in [0.5, 0.6) is 0 Å². The van der Waals surface area contributed by atoms with Crippen molar-refractivity contribution in [1.29, 1.82) is 0 Å². The summed E-state index contributed by atoms with van der Waals surface area (Å²) >= 11 is 0.535. The Labute approximate surface area is 120 Å². The first-order chi connectivity index (χ1) is 9.65. The zero-order chi connectivity index (χ0) is 14.4. The maximum Gasteiger partial charge on any atom is 0.284 e. The number of nitrogens with one attached hydrogen (secondary N) is 2. The van der Waals surface area contributed by atoms with E-state index in [2.05, 4.69) is 10.6 Å². The molecule has 20 heavy (non-hydrogen) atoms. The Morgan fingerprint density at radius 3 is 3.00 bits per heavy atom. The second kappa shape index (κ2) is 7.64. The van der Waals surface area contributed by atoms with Gasteiger partial charge in [-0.15, -0.1) is 0 Å². The summed E-state index contributed by atoms with van der Waals surface area (Å²) in [6.07, 6.45) is 2.81. The molecule has 2 rings (SSSR count). The van der Waals surface area contributed by atoms with Gasteiger partial charge in [0.15, 0.2) is 0 Å². The second-order valence-electron chi connectivity index (χ2n) is 4.66. The molecule has 1 atom stereocenters. The molecular formula is C13H18F2N2O2S. The molecule has 7 heteroatoms. The first-order valence-electron chi connectivity index (χ1n) is 6.63. The minimum atomic E-state index is -2.39. The van der Waals surface area contributed by atoms with E-state index in [1.165, 1.54) is 0 Å². The van der Waals surface area contributed by atoms with Crippen LogP contribution in [-0.2, 0) is 17.1 Å². The van der Waals surface area contributed by atoms with Crippen LogP contribution in [0.2, 0.25) is 0 Å². The zero-order valence-electron chi connectivity index (χ0n) is 11.0. The van der Waals surface area contributed by atoms with Gasteiger partial charge in [0.2, 0.25) is 5.91 Å². The fraction of sp³-hybridized carbons (Fsp3) is 0.615. The first kappa shape index (κ1) is 15.3. The molecule has 0 aliphatic carbocycles. The van der Waals surface area contributed by atoms with Crippen molar-refractivity contribution >= 4 is 17.7 Å². The van der Waals surface area contributed by atoms with Crippen LogP contribution in [0.15, 0.2) is 16.5 Å². The predicted octanol–water partition coefficient (Wildman–Crippen LogP) is 2.49. The van der Waals surface area contributed by atoms with Gasteiger partial charge in [0.25, 0.3) is 5.76 Å². The van der Waals surface area contributed by atoms with E-state index in [1.807, 2.05) is 0 Å². The summed E-state index contributed by atoms with van der Waals surface area (Å²) in [6.45, 7) is 1.16. The van der Waals surface area contributed by atoms with Crippen molar-refractivity contribution in [2.24, 2.45) is 0 Å². The van der Waals surface area contributed by atoms with Gasteiger partial charge < -0.3 is 9.73 Å². The molecular weight excluding hydrogens is 286 g/mol. The molecule has 1 unspecified atom stereocenters. The van der Waals surface area contributed by atoms with E-state index in [9.17, 15) is 13.6 Å². The average Bonchev–Trinajstić information content (AvgIpc) is 2.77. The number of hydrogen-bond acceptors (Lipinski definition) is 4. The van der Waals surface area contributed by atoms with E-state index in [-0.39, 0.29) is 17.7 Å². The van der Waals surface area contributed by atoms with Gasteiger partial charge in [-0.05, 0) is 31.4 Å². The van der Waals surface area contributed by atoms with E-state index in [1.54, 1.807) is 12.1 Å². The first-order valence-corrected chi connectivity index (χ1v) is 7.68. The molecule has 0 spiro atoms. The van der Waals surface area contributed by atoms with Crippen molar-refractivity contribution in [2.75, 3.05) is 6.54 Å². The van der Waals surface area contributed by atoms with Crippen LogP contribution >= 0.6 is 11.8 Å². The van der Waals surface area contributed by atoms with Crippen LogP contribution in [0.3, 0.4) is 0 Å². The molecule has 1 aromatic heterocycles. The standard InChI is InChI=1S/C13H18F2N2O2S/c14-13(15)20-8-10-5-4-9(19-10)7-17-11-3-1-2-6-16-12(11)18/h4-5,11,13,17H,1-3,6-8H2,(H,16,18). The molecule has 1 saturated heterocycles. The summed E-state index contributed by atoms with van der Waals surface area (Å²) in [5.41, 5.74) is 0. The van der Waals surface area contributed by atoms with Crippen molar-refractivity contribution < 1.29 is 18.0 Å². The smallest absolute Gasteiger partial charge is 0.284 e. The summed E-state index contributed by atoms with van der Waals surface area (Å²) in [6, 6.07) is 3.24. The number of amides is 1. The van der Waals surface area contributed by atoms with E-state index in [0.29, 0.717) is 29.8 Å². The molecule has 0 aromatic carbocycles. The summed E-state index contributed by atoms with van der Waals surface area (Å²) < 4.78 is 29.6. The summed E-state index contributed by atoms with van der Waals surface area (Å²) in [5, 5.41) is 6.00. The molecule has 0 bridgehead atoms. The molecule has 112 valence electrons. The fourth-order valence-corrected chi connectivity index (χ4v) is 2.54. The van der Waals surface area contributed by atoms with E-state index >= 15 is 0 Å². The molecule has 1 fully saturated rings.